The Morgan fingerprint density at radius 3 is 2.39 bits per heavy atom. The molecule has 18 heavy (non-hydrogen) atoms. The summed E-state index contributed by atoms with van der Waals surface area (Å²) in [4.78, 5) is 1.47. The summed E-state index contributed by atoms with van der Waals surface area (Å²) in [6.45, 7) is -0.499. The second kappa shape index (κ2) is 5.45. The first-order chi connectivity index (χ1) is 8.48. The summed E-state index contributed by atoms with van der Waals surface area (Å²) < 4.78 is 37.2. The molecule has 2 aliphatic carbocycles. The third kappa shape index (κ3) is 4.83. The highest BCUT2D eigenvalue weighted by Gasteiger charge is 2.38. The van der Waals surface area contributed by atoms with E-state index in [0.29, 0.717) is 19.0 Å². The van der Waals surface area contributed by atoms with Crippen LogP contribution in [-0.4, -0.2) is 42.3 Å². The fraction of sp³-hybridized carbons (Fsp3) is 0.917. The van der Waals surface area contributed by atoms with Crippen molar-refractivity contribution >= 4 is 0 Å². The van der Waals surface area contributed by atoms with Gasteiger partial charge in [-0.1, -0.05) is 0 Å². The summed E-state index contributed by atoms with van der Waals surface area (Å²) in [6.07, 6.45) is 0.182. The summed E-state index contributed by atoms with van der Waals surface area (Å²) in [5, 5.41) is 12.1. The minimum absolute atomic E-state index is 0.0758. The fourth-order valence-corrected chi connectivity index (χ4v) is 2.08. The molecule has 0 bridgehead atoms. The summed E-state index contributed by atoms with van der Waals surface area (Å²) in [5.41, 5.74) is 0. The summed E-state index contributed by atoms with van der Waals surface area (Å²) >= 11 is 0. The van der Waals surface area contributed by atoms with Crippen LogP contribution in [0.2, 0.25) is 0 Å². The first-order valence-corrected chi connectivity index (χ1v) is 6.44. The summed E-state index contributed by atoms with van der Waals surface area (Å²) in [5.74, 6) is 0. The molecule has 0 spiro atoms. The van der Waals surface area contributed by atoms with Gasteiger partial charge in [-0.15, -0.1) is 0 Å². The number of halogens is 3. The molecular weight excluding hydrogens is 243 g/mol. The van der Waals surface area contributed by atoms with Crippen molar-refractivity contribution in [3.8, 4) is 6.07 Å². The van der Waals surface area contributed by atoms with Gasteiger partial charge in [-0.3, -0.25) is 10.2 Å². The van der Waals surface area contributed by atoms with Gasteiger partial charge in [-0.05, 0) is 32.1 Å². The molecule has 0 aromatic heterocycles. The van der Waals surface area contributed by atoms with Gasteiger partial charge < -0.3 is 0 Å². The highest BCUT2D eigenvalue weighted by atomic mass is 19.4. The van der Waals surface area contributed by atoms with Crippen LogP contribution < -0.4 is 5.32 Å². The van der Waals surface area contributed by atoms with Gasteiger partial charge in [0.05, 0.1) is 18.7 Å². The molecule has 6 heteroatoms. The second-order valence-corrected chi connectivity index (χ2v) is 5.23. The van der Waals surface area contributed by atoms with Crippen LogP contribution in [0, 0.1) is 11.3 Å². The van der Waals surface area contributed by atoms with Crippen molar-refractivity contribution in [3.05, 3.63) is 0 Å². The van der Waals surface area contributed by atoms with E-state index in [1.165, 1.54) is 4.90 Å². The van der Waals surface area contributed by atoms with Gasteiger partial charge in [0.15, 0.2) is 0 Å². The van der Waals surface area contributed by atoms with Crippen LogP contribution in [-0.2, 0) is 0 Å². The summed E-state index contributed by atoms with van der Waals surface area (Å²) in [6, 6.07) is 2.30. The van der Waals surface area contributed by atoms with Crippen molar-refractivity contribution in [2.45, 2.75) is 56.4 Å². The smallest absolute Gasteiger partial charge is 0.299 e. The van der Waals surface area contributed by atoms with Crippen LogP contribution in [0.4, 0.5) is 13.2 Å². The first-order valence-electron chi connectivity index (χ1n) is 6.44. The van der Waals surface area contributed by atoms with Crippen LogP contribution in [0.3, 0.4) is 0 Å². The Balaban J connectivity index is 1.75. The molecule has 0 aromatic carbocycles. The van der Waals surface area contributed by atoms with Gasteiger partial charge in [0.1, 0.15) is 0 Å². The molecule has 102 valence electrons. The van der Waals surface area contributed by atoms with Crippen LogP contribution in [0.5, 0.6) is 0 Å². The molecule has 2 saturated carbocycles. The monoisotopic (exact) mass is 261 g/mol. The van der Waals surface area contributed by atoms with Crippen molar-refractivity contribution in [1.29, 1.82) is 5.26 Å². The third-order valence-corrected chi connectivity index (χ3v) is 3.32. The van der Waals surface area contributed by atoms with Crippen LogP contribution >= 0.6 is 0 Å². The Hall–Kier alpha value is -0.800. The van der Waals surface area contributed by atoms with E-state index in [9.17, 15) is 13.2 Å². The maximum absolute atomic E-state index is 12.4. The summed E-state index contributed by atoms with van der Waals surface area (Å²) in [7, 11) is 0. The average molecular weight is 261 g/mol. The highest BCUT2D eigenvalue weighted by Crippen LogP contribution is 2.30. The molecule has 0 heterocycles. The SMILES string of the molecule is N#CC(CCN(CC(F)(F)F)C1CC1)NC1CC1. The van der Waals surface area contributed by atoms with Gasteiger partial charge in [0.25, 0.3) is 0 Å². The lowest BCUT2D eigenvalue weighted by Crippen LogP contribution is -2.40. The van der Waals surface area contributed by atoms with Crippen molar-refractivity contribution in [2.75, 3.05) is 13.1 Å². The minimum atomic E-state index is -4.14. The van der Waals surface area contributed by atoms with Crippen LogP contribution in [0.25, 0.3) is 0 Å². The number of alkyl halides is 3. The minimum Gasteiger partial charge on any atom is -0.299 e. The molecule has 2 aliphatic rings. The lowest BCUT2D eigenvalue weighted by molar-refractivity contribution is -0.147. The van der Waals surface area contributed by atoms with E-state index >= 15 is 0 Å². The van der Waals surface area contributed by atoms with Crippen molar-refractivity contribution in [3.63, 3.8) is 0 Å². The Morgan fingerprint density at radius 1 is 1.28 bits per heavy atom. The predicted molar refractivity (Wildman–Crippen MR) is 60.8 cm³/mol. The molecule has 1 atom stereocenters. The lowest BCUT2D eigenvalue weighted by atomic mass is 10.2. The zero-order valence-electron chi connectivity index (χ0n) is 10.2. The van der Waals surface area contributed by atoms with Crippen LogP contribution in [0.15, 0.2) is 0 Å². The van der Waals surface area contributed by atoms with Crippen molar-refractivity contribution < 1.29 is 13.2 Å². The quantitative estimate of drug-likeness (QED) is 0.762. The number of nitrogens with zero attached hydrogens (tertiary/aromatic N) is 2. The van der Waals surface area contributed by atoms with Gasteiger partial charge in [-0.25, -0.2) is 0 Å². The maximum Gasteiger partial charge on any atom is 0.401 e. The van der Waals surface area contributed by atoms with E-state index in [2.05, 4.69) is 11.4 Å². The average Bonchev–Trinajstić information content (AvgIpc) is 3.13. The first kappa shape index (κ1) is 13.6. The third-order valence-electron chi connectivity index (χ3n) is 3.32. The number of hydrogen-bond donors (Lipinski definition) is 1. The van der Waals surface area contributed by atoms with Crippen molar-refractivity contribution in [2.24, 2.45) is 0 Å². The van der Waals surface area contributed by atoms with Gasteiger partial charge in [0.2, 0.25) is 0 Å². The van der Waals surface area contributed by atoms with E-state index in [1.807, 2.05) is 0 Å². The Kier molecular flexibility index (Phi) is 4.13. The Bertz CT molecular complexity index is 316. The maximum atomic E-state index is 12.4. The topological polar surface area (TPSA) is 39.1 Å². The Morgan fingerprint density at radius 2 is 1.94 bits per heavy atom. The molecule has 1 unspecified atom stereocenters. The number of hydrogen-bond acceptors (Lipinski definition) is 3. The van der Waals surface area contributed by atoms with Gasteiger partial charge >= 0.3 is 6.18 Å². The molecule has 0 saturated heterocycles. The molecule has 1 N–H and O–H groups in total. The zero-order chi connectivity index (χ0) is 13.2. The number of rotatable bonds is 7. The normalized spacial score (nSPS) is 21.9. The van der Waals surface area contributed by atoms with Gasteiger partial charge in [0, 0.05) is 18.6 Å². The molecule has 2 rings (SSSR count). The fourth-order valence-electron chi connectivity index (χ4n) is 2.08. The molecule has 0 radical (unpaired) electrons. The number of nitrogens with one attached hydrogen (secondary N) is 1. The lowest BCUT2D eigenvalue weighted by Gasteiger charge is -2.24. The molecule has 2 fully saturated rings. The molecule has 3 nitrogen and oxygen atoms in total. The Labute approximate surface area is 105 Å². The van der Waals surface area contributed by atoms with E-state index in [-0.39, 0.29) is 12.1 Å². The predicted octanol–water partition coefficient (Wildman–Crippen LogP) is 2.05. The molecule has 0 amide bonds. The molecule has 0 aliphatic heterocycles. The van der Waals surface area contributed by atoms with E-state index in [1.54, 1.807) is 0 Å². The number of nitriles is 1. The zero-order valence-corrected chi connectivity index (χ0v) is 10.2. The van der Waals surface area contributed by atoms with E-state index in [4.69, 9.17) is 5.26 Å². The standard InChI is InChI=1S/C12H18F3N3/c13-12(14,15)8-18(11-3-4-11)6-5-10(7-16)17-9-1-2-9/h9-11,17H,1-6,8H2. The highest BCUT2D eigenvalue weighted by molar-refractivity contribution is 4.97. The van der Waals surface area contributed by atoms with Gasteiger partial charge in [-0.2, -0.15) is 18.4 Å². The largest absolute Gasteiger partial charge is 0.401 e. The van der Waals surface area contributed by atoms with E-state index < -0.39 is 12.7 Å². The van der Waals surface area contributed by atoms with E-state index in [0.717, 1.165) is 25.7 Å². The molecule has 0 aromatic rings. The molecular formula is C12H18F3N3. The second-order valence-electron chi connectivity index (χ2n) is 5.23. The van der Waals surface area contributed by atoms with Crippen LogP contribution in [0.1, 0.15) is 32.1 Å². The van der Waals surface area contributed by atoms with Crippen molar-refractivity contribution in [1.82, 2.24) is 10.2 Å².